The summed E-state index contributed by atoms with van der Waals surface area (Å²) in [4.78, 5) is 11.9. The SMILES string of the molecule is Cn1cc(-c2ccc3ccc(-n4ccc(C(=O)NCC(F)(F)F)n4)n3c2)cn1. The van der Waals surface area contributed by atoms with Crippen LogP contribution in [0.3, 0.4) is 0 Å². The molecule has 0 spiro atoms. The molecule has 28 heavy (non-hydrogen) atoms. The minimum absolute atomic E-state index is 0.0948. The Morgan fingerprint density at radius 3 is 2.61 bits per heavy atom. The summed E-state index contributed by atoms with van der Waals surface area (Å²) in [6, 6.07) is 8.97. The molecule has 0 saturated carbocycles. The highest BCUT2D eigenvalue weighted by atomic mass is 19.4. The Kier molecular flexibility index (Phi) is 4.17. The minimum atomic E-state index is -4.47. The number of nitrogens with zero attached hydrogens (tertiary/aromatic N) is 5. The van der Waals surface area contributed by atoms with Crippen LogP contribution in [0.2, 0.25) is 0 Å². The Morgan fingerprint density at radius 2 is 1.89 bits per heavy atom. The van der Waals surface area contributed by atoms with E-state index in [-0.39, 0.29) is 5.69 Å². The number of aromatic nitrogens is 5. The van der Waals surface area contributed by atoms with Crippen LogP contribution >= 0.6 is 0 Å². The van der Waals surface area contributed by atoms with E-state index in [1.54, 1.807) is 10.9 Å². The lowest BCUT2D eigenvalue weighted by Gasteiger charge is -2.07. The van der Waals surface area contributed by atoms with Crippen molar-refractivity contribution < 1.29 is 18.0 Å². The number of hydrogen-bond acceptors (Lipinski definition) is 3. The molecule has 10 heteroatoms. The number of aryl methyl sites for hydroxylation is 1. The summed E-state index contributed by atoms with van der Waals surface area (Å²) in [6.45, 7) is -1.40. The highest BCUT2D eigenvalue weighted by Gasteiger charge is 2.28. The van der Waals surface area contributed by atoms with Gasteiger partial charge in [-0.25, -0.2) is 4.68 Å². The second-order valence-electron chi connectivity index (χ2n) is 6.25. The number of amides is 1. The molecule has 4 aromatic rings. The summed E-state index contributed by atoms with van der Waals surface area (Å²) in [5.41, 5.74) is 2.69. The fourth-order valence-corrected chi connectivity index (χ4v) is 2.86. The first-order valence-electron chi connectivity index (χ1n) is 8.31. The van der Waals surface area contributed by atoms with Crippen molar-refractivity contribution in [2.75, 3.05) is 6.54 Å². The van der Waals surface area contributed by atoms with E-state index >= 15 is 0 Å². The van der Waals surface area contributed by atoms with Crippen LogP contribution in [0.5, 0.6) is 0 Å². The summed E-state index contributed by atoms with van der Waals surface area (Å²) < 4.78 is 41.8. The zero-order chi connectivity index (χ0) is 19.9. The minimum Gasteiger partial charge on any atom is -0.342 e. The number of fused-ring (bicyclic) bond motifs is 1. The van der Waals surface area contributed by atoms with Crippen LogP contribution < -0.4 is 5.32 Å². The molecule has 0 aliphatic heterocycles. The van der Waals surface area contributed by atoms with Gasteiger partial charge in [0.1, 0.15) is 12.4 Å². The van der Waals surface area contributed by atoms with E-state index in [0.29, 0.717) is 5.82 Å². The zero-order valence-corrected chi connectivity index (χ0v) is 14.7. The predicted octanol–water partition coefficient (Wildman–Crippen LogP) is 2.82. The first-order chi connectivity index (χ1) is 13.3. The second kappa shape index (κ2) is 6.55. The van der Waals surface area contributed by atoms with Crippen molar-refractivity contribution in [1.29, 1.82) is 0 Å². The van der Waals surface area contributed by atoms with Gasteiger partial charge in [-0.05, 0) is 24.3 Å². The fraction of sp³-hybridized carbons (Fsp3) is 0.167. The number of pyridine rings is 1. The lowest BCUT2D eigenvalue weighted by Crippen LogP contribution is -2.34. The van der Waals surface area contributed by atoms with Crippen molar-refractivity contribution in [3.63, 3.8) is 0 Å². The van der Waals surface area contributed by atoms with E-state index in [1.807, 2.05) is 53.4 Å². The Hall–Kier alpha value is -3.56. The van der Waals surface area contributed by atoms with E-state index in [0.717, 1.165) is 16.6 Å². The van der Waals surface area contributed by atoms with Gasteiger partial charge in [-0.3, -0.25) is 9.48 Å². The third-order valence-electron chi connectivity index (χ3n) is 4.17. The third-order valence-corrected chi connectivity index (χ3v) is 4.17. The fourth-order valence-electron chi connectivity index (χ4n) is 2.86. The van der Waals surface area contributed by atoms with Gasteiger partial charge in [0.15, 0.2) is 5.69 Å². The van der Waals surface area contributed by atoms with Crippen molar-refractivity contribution in [2.24, 2.45) is 7.05 Å². The molecule has 0 radical (unpaired) electrons. The van der Waals surface area contributed by atoms with Crippen molar-refractivity contribution in [3.8, 4) is 16.9 Å². The van der Waals surface area contributed by atoms with Gasteiger partial charge in [0.05, 0.1) is 6.20 Å². The summed E-state index contributed by atoms with van der Waals surface area (Å²) >= 11 is 0. The molecule has 7 nitrogen and oxygen atoms in total. The highest BCUT2D eigenvalue weighted by molar-refractivity contribution is 5.92. The van der Waals surface area contributed by atoms with Crippen molar-refractivity contribution in [1.82, 2.24) is 29.3 Å². The Bertz CT molecular complexity index is 1150. The van der Waals surface area contributed by atoms with E-state index in [9.17, 15) is 18.0 Å². The summed E-state index contributed by atoms with van der Waals surface area (Å²) in [5.74, 6) is -0.233. The van der Waals surface area contributed by atoms with Crippen LogP contribution in [0.25, 0.3) is 22.5 Å². The van der Waals surface area contributed by atoms with Crippen molar-refractivity contribution >= 4 is 11.4 Å². The Morgan fingerprint density at radius 1 is 1.11 bits per heavy atom. The van der Waals surface area contributed by atoms with Gasteiger partial charge in [-0.15, -0.1) is 0 Å². The normalized spacial score (nSPS) is 11.9. The number of carbonyl (C=O) groups is 1. The van der Waals surface area contributed by atoms with Gasteiger partial charge >= 0.3 is 6.18 Å². The molecule has 1 amide bonds. The van der Waals surface area contributed by atoms with Gasteiger partial charge in [-0.2, -0.15) is 23.4 Å². The second-order valence-corrected chi connectivity index (χ2v) is 6.25. The molecule has 0 unspecified atom stereocenters. The van der Waals surface area contributed by atoms with E-state index in [2.05, 4.69) is 10.2 Å². The molecule has 144 valence electrons. The molecule has 4 aromatic heterocycles. The van der Waals surface area contributed by atoms with Crippen LogP contribution in [0, 0.1) is 0 Å². The summed E-state index contributed by atoms with van der Waals surface area (Å²) in [6.07, 6.45) is 2.61. The van der Waals surface area contributed by atoms with E-state index in [1.165, 1.54) is 16.9 Å². The number of hydrogen-bond donors (Lipinski definition) is 1. The topological polar surface area (TPSA) is 69.2 Å². The lowest BCUT2D eigenvalue weighted by atomic mass is 10.1. The molecule has 0 atom stereocenters. The van der Waals surface area contributed by atoms with Crippen LogP contribution in [0.15, 0.2) is 55.1 Å². The van der Waals surface area contributed by atoms with Gasteiger partial charge < -0.3 is 9.72 Å². The summed E-state index contributed by atoms with van der Waals surface area (Å²) in [7, 11) is 1.83. The largest absolute Gasteiger partial charge is 0.405 e. The average molecular weight is 388 g/mol. The summed E-state index contributed by atoms with van der Waals surface area (Å²) in [5, 5.41) is 10.1. The predicted molar refractivity (Wildman–Crippen MR) is 95.1 cm³/mol. The molecule has 0 bridgehead atoms. The number of nitrogens with one attached hydrogen (secondary N) is 1. The highest BCUT2D eigenvalue weighted by Crippen LogP contribution is 2.22. The maximum absolute atomic E-state index is 12.3. The molecule has 0 aromatic carbocycles. The zero-order valence-electron chi connectivity index (χ0n) is 14.7. The molecule has 1 N–H and O–H groups in total. The van der Waals surface area contributed by atoms with Gasteiger partial charge in [0.2, 0.25) is 0 Å². The van der Waals surface area contributed by atoms with Gasteiger partial charge in [0, 0.05) is 42.3 Å². The maximum Gasteiger partial charge on any atom is 0.405 e. The first-order valence-corrected chi connectivity index (χ1v) is 8.31. The molecule has 0 saturated heterocycles. The molecule has 4 rings (SSSR count). The quantitative estimate of drug-likeness (QED) is 0.585. The standard InChI is InChI=1S/C18H15F3N6O/c1-25-9-13(8-23-25)12-2-3-14-4-5-16(26(14)10-12)27-7-6-15(24-27)17(28)22-11-18(19,20)21/h2-10H,11H2,1H3,(H,22,28). The molecule has 0 aliphatic carbocycles. The molecule has 0 aliphatic rings. The smallest absolute Gasteiger partial charge is 0.342 e. The maximum atomic E-state index is 12.3. The van der Waals surface area contributed by atoms with Crippen LogP contribution in [0.1, 0.15) is 10.5 Å². The third kappa shape index (κ3) is 3.48. The molecular weight excluding hydrogens is 373 g/mol. The number of alkyl halides is 3. The average Bonchev–Trinajstić information content (AvgIpc) is 3.37. The molecular formula is C18H15F3N6O. The lowest BCUT2D eigenvalue weighted by molar-refractivity contribution is -0.123. The van der Waals surface area contributed by atoms with Crippen LogP contribution in [-0.2, 0) is 7.05 Å². The van der Waals surface area contributed by atoms with Crippen LogP contribution in [-0.4, -0.2) is 42.6 Å². The van der Waals surface area contributed by atoms with Gasteiger partial charge in [0.25, 0.3) is 5.91 Å². The Labute approximate surface area is 157 Å². The van der Waals surface area contributed by atoms with Crippen LogP contribution in [0.4, 0.5) is 13.2 Å². The van der Waals surface area contributed by atoms with Crippen molar-refractivity contribution in [2.45, 2.75) is 6.18 Å². The first kappa shape index (κ1) is 17.8. The van der Waals surface area contributed by atoms with E-state index < -0.39 is 18.6 Å². The Balaban J connectivity index is 1.64. The molecule has 0 fully saturated rings. The van der Waals surface area contributed by atoms with E-state index in [4.69, 9.17) is 0 Å². The number of carbonyl (C=O) groups excluding carboxylic acids is 1. The number of rotatable bonds is 4. The number of halogens is 3. The monoisotopic (exact) mass is 388 g/mol. The molecule has 4 heterocycles. The van der Waals surface area contributed by atoms with Gasteiger partial charge in [-0.1, -0.05) is 6.07 Å². The van der Waals surface area contributed by atoms with Crippen molar-refractivity contribution in [3.05, 3.63) is 60.8 Å².